The Morgan fingerprint density at radius 3 is 2.19 bits per heavy atom. The number of carbonyl (C=O) groups is 2. The molecule has 0 radical (unpaired) electrons. The van der Waals surface area contributed by atoms with Crippen LogP contribution in [-0.2, 0) is 10.0 Å². The normalized spacial score (nSPS) is 10.9. The molecule has 2 aromatic rings. The largest absolute Gasteiger partial charge is 0.493 e. The van der Waals surface area contributed by atoms with E-state index in [-0.39, 0.29) is 16.2 Å². The number of ether oxygens (including phenoxy) is 2. The van der Waals surface area contributed by atoms with E-state index in [1.54, 1.807) is 6.07 Å². The number of benzene rings is 2. The summed E-state index contributed by atoms with van der Waals surface area (Å²) in [4.78, 5) is 25.4. The average Bonchev–Trinajstić information content (AvgIpc) is 2.66. The molecule has 0 unspecified atom stereocenters. The second kappa shape index (κ2) is 8.65. The van der Waals surface area contributed by atoms with Crippen molar-refractivity contribution in [3.63, 3.8) is 0 Å². The number of rotatable bonds is 8. The summed E-state index contributed by atoms with van der Waals surface area (Å²) in [5.41, 5.74) is 2.71. The van der Waals surface area contributed by atoms with Crippen LogP contribution < -0.4 is 19.7 Å². The van der Waals surface area contributed by atoms with Gasteiger partial charge in [-0.3, -0.25) is 15.0 Å². The van der Waals surface area contributed by atoms with Crippen molar-refractivity contribution >= 4 is 21.7 Å². The molecular formula is C18H20N2O6S. The van der Waals surface area contributed by atoms with E-state index in [1.165, 1.54) is 50.4 Å². The van der Waals surface area contributed by atoms with E-state index in [1.807, 2.05) is 11.8 Å². The van der Waals surface area contributed by atoms with Gasteiger partial charge in [-0.25, -0.2) is 8.42 Å². The lowest BCUT2D eigenvalue weighted by Crippen LogP contribution is -2.41. The van der Waals surface area contributed by atoms with E-state index in [0.717, 1.165) is 0 Å². The molecule has 1 amide bonds. The van der Waals surface area contributed by atoms with Crippen LogP contribution in [0.4, 0.5) is 0 Å². The number of amides is 1. The van der Waals surface area contributed by atoms with Crippen LogP contribution in [0.2, 0.25) is 0 Å². The molecule has 8 nitrogen and oxygen atoms in total. The minimum atomic E-state index is -3.99. The number of carbonyl (C=O) groups excluding carboxylic acids is 2. The molecule has 2 aromatic carbocycles. The summed E-state index contributed by atoms with van der Waals surface area (Å²) in [6.07, 6.45) is 0. The van der Waals surface area contributed by atoms with Gasteiger partial charge in [0.05, 0.1) is 18.6 Å². The highest BCUT2D eigenvalue weighted by atomic mass is 32.2. The topological polar surface area (TPSA) is 111 Å². The molecule has 9 heteroatoms. The number of Topliss-reactive ketones (excluding diaryl/α,β-unsaturated/α-hetero) is 1. The summed E-state index contributed by atoms with van der Waals surface area (Å²) in [7, 11) is -2.55. The fraction of sp³-hybridized carbons (Fsp3) is 0.222. The minimum Gasteiger partial charge on any atom is -0.493 e. The Kier molecular flexibility index (Phi) is 6.54. The second-order valence-corrected chi connectivity index (χ2v) is 7.12. The molecule has 0 aliphatic carbocycles. The van der Waals surface area contributed by atoms with Gasteiger partial charge < -0.3 is 9.47 Å². The first kappa shape index (κ1) is 20.4. The number of sulfonamides is 1. The van der Waals surface area contributed by atoms with E-state index >= 15 is 0 Å². The van der Waals surface area contributed by atoms with E-state index < -0.39 is 15.9 Å². The Balaban J connectivity index is 2.10. The molecule has 144 valence electrons. The zero-order chi connectivity index (χ0) is 20.0. The monoisotopic (exact) mass is 392 g/mol. The van der Waals surface area contributed by atoms with Gasteiger partial charge >= 0.3 is 0 Å². The molecule has 0 aliphatic rings. The smallest absolute Gasteiger partial charge is 0.266 e. The summed E-state index contributed by atoms with van der Waals surface area (Å²) in [5.74, 6) is -0.0141. The third-order valence-corrected chi connectivity index (χ3v) is 4.86. The minimum absolute atomic E-state index is 0.0860. The number of ketones is 1. The van der Waals surface area contributed by atoms with E-state index in [9.17, 15) is 18.0 Å². The number of hydrogen-bond donors (Lipinski definition) is 2. The maximum absolute atomic E-state index is 12.3. The quantitative estimate of drug-likeness (QED) is 0.524. The lowest BCUT2D eigenvalue weighted by molar-refractivity contribution is 0.0944. The van der Waals surface area contributed by atoms with Crippen LogP contribution in [0, 0.1) is 0 Å². The predicted octanol–water partition coefficient (Wildman–Crippen LogP) is 1.92. The third-order valence-electron chi connectivity index (χ3n) is 3.60. The standard InChI is InChI=1S/C18H20N2O6S/c1-4-26-16-10-7-14(11-17(16)25-3)18(22)19-20-27(23,24)15-8-5-13(6-9-15)12(2)21/h5-11,20H,4H2,1-3H3,(H,19,22). The number of methoxy groups -OCH3 is 1. The van der Waals surface area contributed by atoms with Crippen LogP contribution in [-0.4, -0.2) is 33.8 Å². The molecule has 2 N–H and O–H groups in total. The SMILES string of the molecule is CCOc1ccc(C(=O)NNS(=O)(=O)c2ccc(C(C)=O)cc2)cc1OC. The lowest BCUT2D eigenvalue weighted by atomic mass is 10.2. The van der Waals surface area contributed by atoms with Crippen molar-refractivity contribution in [3.05, 3.63) is 53.6 Å². The molecule has 0 saturated carbocycles. The molecule has 0 heterocycles. The number of hydrogen-bond acceptors (Lipinski definition) is 6. The Labute approximate surface area is 157 Å². The first-order valence-corrected chi connectivity index (χ1v) is 9.50. The highest BCUT2D eigenvalue weighted by molar-refractivity contribution is 7.89. The van der Waals surface area contributed by atoms with Gasteiger partial charge in [-0.1, -0.05) is 12.1 Å². The molecule has 0 spiro atoms. The van der Waals surface area contributed by atoms with Crippen LogP contribution in [0.3, 0.4) is 0 Å². The van der Waals surface area contributed by atoms with Crippen molar-refractivity contribution in [1.29, 1.82) is 0 Å². The van der Waals surface area contributed by atoms with Crippen molar-refractivity contribution in [3.8, 4) is 11.5 Å². The van der Waals surface area contributed by atoms with Gasteiger partial charge in [-0.2, -0.15) is 0 Å². The highest BCUT2D eigenvalue weighted by Crippen LogP contribution is 2.27. The van der Waals surface area contributed by atoms with Crippen LogP contribution in [0.1, 0.15) is 34.6 Å². The predicted molar refractivity (Wildman–Crippen MR) is 98.4 cm³/mol. The maximum atomic E-state index is 12.3. The van der Waals surface area contributed by atoms with Gasteiger partial charge in [0.25, 0.3) is 15.9 Å². The molecule has 0 aromatic heterocycles. The van der Waals surface area contributed by atoms with Crippen molar-refractivity contribution in [2.24, 2.45) is 0 Å². The summed E-state index contributed by atoms with van der Waals surface area (Å²) in [5, 5.41) is 0. The van der Waals surface area contributed by atoms with Gasteiger partial charge in [0.15, 0.2) is 17.3 Å². The Morgan fingerprint density at radius 1 is 1.00 bits per heavy atom. The van der Waals surface area contributed by atoms with Crippen LogP contribution in [0.5, 0.6) is 11.5 Å². The van der Waals surface area contributed by atoms with Crippen LogP contribution in [0.25, 0.3) is 0 Å². The second-order valence-electron chi connectivity index (χ2n) is 5.44. The highest BCUT2D eigenvalue weighted by Gasteiger charge is 2.17. The maximum Gasteiger partial charge on any atom is 0.266 e. The molecule has 0 aliphatic heterocycles. The van der Waals surface area contributed by atoms with Crippen LogP contribution >= 0.6 is 0 Å². The third kappa shape index (κ3) is 5.05. The van der Waals surface area contributed by atoms with Crippen molar-refractivity contribution < 1.29 is 27.5 Å². The summed E-state index contributed by atoms with van der Waals surface area (Å²) in [6.45, 7) is 3.63. The lowest BCUT2D eigenvalue weighted by Gasteiger charge is -2.12. The zero-order valence-corrected chi connectivity index (χ0v) is 15.9. The van der Waals surface area contributed by atoms with Gasteiger partial charge in [-0.15, -0.1) is 4.83 Å². The summed E-state index contributed by atoms with van der Waals surface area (Å²) < 4.78 is 35.0. The van der Waals surface area contributed by atoms with E-state index in [4.69, 9.17) is 9.47 Å². The molecule has 0 atom stereocenters. The van der Waals surface area contributed by atoms with Crippen molar-refractivity contribution in [2.75, 3.05) is 13.7 Å². The molecule has 27 heavy (non-hydrogen) atoms. The van der Waals surface area contributed by atoms with Gasteiger partial charge in [-0.05, 0) is 44.2 Å². The first-order chi connectivity index (χ1) is 12.8. The first-order valence-electron chi connectivity index (χ1n) is 8.02. The van der Waals surface area contributed by atoms with Gasteiger partial charge in [0.1, 0.15) is 0 Å². The molecule has 2 rings (SSSR count). The van der Waals surface area contributed by atoms with Gasteiger partial charge in [0.2, 0.25) is 0 Å². The fourth-order valence-corrected chi connectivity index (χ4v) is 3.04. The Hall–Kier alpha value is -2.91. The number of nitrogens with one attached hydrogen (secondary N) is 2. The Bertz CT molecular complexity index is 939. The average molecular weight is 392 g/mol. The summed E-state index contributed by atoms with van der Waals surface area (Å²) >= 11 is 0. The fourth-order valence-electron chi connectivity index (χ4n) is 2.20. The zero-order valence-electron chi connectivity index (χ0n) is 15.1. The molecular weight excluding hydrogens is 372 g/mol. The molecule has 0 bridgehead atoms. The molecule has 0 fully saturated rings. The Morgan fingerprint density at radius 2 is 1.63 bits per heavy atom. The van der Waals surface area contributed by atoms with Crippen LogP contribution in [0.15, 0.2) is 47.4 Å². The summed E-state index contributed by atoms with van der Waals surface area (Å²) in [6, 6.07) is 9.85. The van der Waals surface area contributed by atoms with Crippen molar-refractivity contribution in [2.45, 2.75) is 18.7 Å². The van der Waals surface area contributed by atoms with Crippen molar-refractivity contribution in [1.82, 2.24) is 10.3 Å². The molecule has 0 saturated heterocycles. The van der Waals surface area contributed by atoms with Gasteiger partial charge in [0, 0.05) is 11.1 Å². The number of hydrazine groups is 1. The van der Waals surface area contributed by atoms with E-state index in [2.05, 4.69) is 5.43 Å². The van der Waals surface area contributed by atoms with E-state index in [0.29, 0.717) is 23.7 Å².